The summed E-state index contributed by atoms with van der Waals surface area (Å²) in [7, 11) is 0. The fraction of sp³-hybridized carbons (Fsp3) is 0.417. The standard InChI is InChI=1S/C12H17NO/c1-4-5-12(14)13-11-7-6-9(2)8-10(11)3/h6-8H,4-5H2,1-3H3,(H,13,14). The lowest BCUT2D eigenvalue weighted by molar-refractivity contribution is -0.116. The summed E-state index contributed by atoms with van der Waals surface area (Å²) in [5, 5.41) is 2.90. The van der Waals surface area contributed by atoms with Crippen LogP contribution in [-0.2, 0) is 4.79 Å². The second-order valence-corrected chi connectivity index (χ2v) is 3.62. The molecule has 0 saturated heterocycles. The highest BCUT2D eigenvalue weighted by Gasteiger charge is 2.02. The van der Waals surface area contributed by atoms with Crippen molar-refractivity contribution < 1.29 is 4.79 Å². The van der Waals surface area contributed by atoms with E-state index in [1.165, 1.54) is 5.56 Å². The Morgan fingerprint density at radius 2 is 2.07 bits per heavy atom. The summed E-state index contributed by atoms with van der Waals surface area (Å²) in [6.07, 6.45) is 1.48. The molecule has 0 radical (unpaired) electrons. The first-order valence-electron chi connectivity index (χ1n) is 5.00. The second-order valence-electron chi connectivity index (χ2n) is 3.62. The van der Waals surface area contributed by atoms with Crippen LogP contribution in [0.15, 0.2) is 18.2 Å². The highest BCUT2D eigenvalue weighted by Crippen LogP contribution is 2.16. The number of hydrogen-bond donors (Lipinski definition) is 1. The molecule has 1 rings (SSSR count). The van der Waals surface area contributed by atoms with Crippen molar-refractivity contribution in [3.05, 3.63) is 29.3 Å². The minimum absolute atomic E-state index is 0.0967. The number of carbonyl (C=O) groups is 1. The van der Waals surface area contributed by atoms with E-state index in [2.05, 4.69) is 11.4 Å². The number of anilines is 1. The summed E-state index contributed by atoms with van der Waals surface area (Å²) in [6.45, 7) is 6.06. The summed E-state index contributed by atoms with van der Waals surface area (Å²) in [4.78, 5) is 11.3. The fourth-order valence-corrected chi connectivity index (χ4v) is 1.39. The molecule has 0 saturated carbocycles. The summed E-state index contributed by atoms with van der Waals surface area (Å²) >= 11 is 0. The molecule has 0 aliphatic heterocycles. The highest BCUT2D eigenvalue weighted by molar-refractivity contribution is 5.91. The molecule has 14 heavy (non-hydrogen) atoms. The fourth-order valence-electron chi connectivity index (χ4n) is 1.39. The summed E-state index contributed by atoms with van der Waals surface area (Å²) < 4.78 is 0. The van der Waals surface area contributed by atoms with Gasteiger partial charge in [-0.25, -0.2) is 0 Å². The van der Waals surface area contributed by atoms with E-state index in [0.29, 0.717) is 6.42 Å². The van der Waals surface area contributed by atoms with Crippen molar-refractivity contribution in [3.8, 4) is 0 Å². The molecule has 2 nitrogen and oxygen atoms in total. The lowest BCUT2D eigenvalue weighted by Gasteiger charge is -2.08. The van der Waals surface area contributed by atoms with Gasteiger partial charge in [-0.05, 0) is 31.9 Å². The first-order chi connectivity index (χ1) is 6.63. The van der Waals surface area contributed by atoms with E-state index in [4.69, 9.17) is 0 Å². The first-order valence-corrected chi connectivity index (χ1v) is 5.00. The Morgan fingerprint density at radius 3 is 2.64 bits per heavy atom. The van der Waals surface area contributed by atoms with Crippen LogP contribution in [0.2, 0.25) is 0 Å². The maximum absolute atomic E-state index is 11.3. The van der Waals surface area contributed by atoms with Gasteiger partial charge in [-0.2, -0.15) is 0 Å². The Hall–Kier alpha value is -1.31. The van der Waals surface area contributed by atoms with Crippen molar-refractivity contribution in [3.63, 3.8) is 0 Å². The molecule has 1 amide bonds. The van der Waals surface area contributed by atoms with Crippen LogP contribution in [0.25, 0.3) is 0 Å². The minimum atomic E-state index is 0.0967. The molecular weight excluding hydrogens is 174 g/mol. The maximum atomic E-state index is 11.3. The average Bonchev–Trinajstić information content (AvgIpc) is 2.10. The van der Waals surface area contributed by atoms with Gasteiger partial charge in [0, 0.05) is 12.1 Å². The van der Waals surface area contributed by atoms with Crippen LogP contribution in [0.1, 0.15) is 30.9 Å². The third kappa shape index (κ3) is 2.87. The normalized spacial score (nSPS) is 9.93. The topological polar surface area (TPSA) is 29.1 Å². The van der Waals surface area contributed by atoms with Crippen LogP contribution >= 0.6 is 0 Å². The van der Waals surface area contributed by atoms with Crippen LogP contribution in [0, 0.1) is 13.8 Å². The number of aryl methyl sites for hydroxylation is 2. The number of hydrogen-bond acceptors (Lipinski definition) is 1. The number of carbonyl (C=O) groups excluding carboxylic acids is 1. The molecule has 1 N–H and O–H groups in total. The molecule has 2 heteroatoms. The van der Waals surface area contributed by atoms with Crippen molar-refractivity contribution >= 4 is 11.6 Å². The summed E-state index contributed by atoms with van der Waals surface area (Å²) in [5.74, 6) is 0.0967. The molecule has 0 heterocycles. The summed E-state index contributed by atoms with van der Waals surface area (Å²) in [5.41, 5.74) is 3.26. The van der Waals surface area contributed by atoms with Crippen LogP contribution in [0.4, 0.5) is 5.69 Å². The van der Waals surface area contributed by atoms with Gasteiger partial charge >= 0.3 is 0 Å². The molecule has 76 valence electrons. The highest BCUT2D eigenvalue weighted by atomic mass is 16.1. The van der Waals surface area contributed by atoms with Crippen LogP contribution in [0.5, 0.6) is 0 Å². The van der Waals surface area contributed by atoms with Crippen molar-refractivity contribution in [2.24, 2.45) is 0 Å². The Bertz CT molecular complexity index is 331. The van der Waals surface area contributed by atoms with Gasteiger partial charge in [0.15, 0.2) is 0 Å². The van der Waals surface area contributed by atoms with Gasteiger partial charge in [-0.1, -0.05) is 24.6 Å². The number of rotatable bonds is 3. The predicted molar refractivity (Wildman–Crippen MR) is 59.5 cm³/mol. The molecule has 0 bridgehead atoms. The van der Waals surface area contributed by atoms with E-state index in [9.17, 15) is 4.79 Å². The molecule has 1 aromatic carbocycles. The van der Waals surface area contributed by atoms with E-state index in [-0.39, 0.29) is 5.91 Å². The molecular formula is C12H17NO. The molecule has 0 aliphatic carbocycles. The monoisotopic (exact) mass is 191 g/mol. The van der Waals surface area contributed by atoms with Gasteiger partial charge in [-0.3, -0.25) is 4.79 Å². The van der Waals surface area contributed by atoms with E-state index in [1.54, 1.807) is 0 Å². The first kappa shape index (κ1) is 10.8. The van der Waals surface area contributed by atoms with E-state index in [1.807, 2.05) is 32.9 Å². The van der Waals surface area contributed by atoms with E-state index in [0.717, 1.165) is 17.7 Å². The zero-order valence-electron chi connectivity index (χ0n) is 9.05. The largest absolute Gasteiger partial charge is 0.326 e. The van der Waals surface area contributed by atoms with E-state index < -0.39 is 0 Å². The second kappa shape index (κ2) is 4.80. The molecule has 0 spiro atoms. The SMILES string of the molecule is CCCC(=O)Nc1ccc(C)cc1C. The third-order valence-corrected chi connectivity index (χ3v) is 2.13. The smallest absolute Gasteiger partial charge is 0.224 e. The van der Waals surface area contributed by atoms with Gasteiger partial charge in [0.2, 0.25) is 5.91 Å². The molecule has 0 atom stereocenters. The van der Waals surface area contributed by atoms with Crippen molar-refractivity contribution in [2.75, 3.05) is 5.32 Å². The number of nitrogens with one attached hydrogen (secondary N) is 1. The number of amides is 1. The quantitative estimate of drug-likeness (QED) is 0.781. The lowest BCUT2D eigenvalue weighted by Crippen LogP contribution is -2.11. The van der Waals surface area contributed by atoms with E-state index >= 15 is 0 Å². The minimum Gasteiger partial charge on any atom is -0.326 e. The Balaban J connectivity index is 2.72. The number of benzene rings is 1. The molecule has 0 aromatic heterocycles. The van der Waals surface area contributed by atoms with Crippen LogP contribution in [0.3, 0.4) is 0 Å². The van der Waals surface area contributed by atoms with Crippen molar-refractivity contribution in [1.82, 2.24) is 0 Å². The molecule has 0 unspecified atom stereocenters. The molecule has 0 fully saturated rings. The van der Waals surface area contributed by atoms with Crippen molar-refractivity contribution in [1.29, 1.82) is 0 Å². The Morgan fingerprint density at radius 1 is 1.36 bits per heavy atom. The van der Waals surface area contributed by atoms with Crippen LogP contribution in [-0.4, -0.2) is 5.91 Å². The van der Waals surface area contributed by atoms with Gasteiger partial charge in [0.25, 0.3) is 0 Å². The summed E-state index contributed by atoms with van der Waals surface area (Å²) in [6, 6.07) is 6.04. The lowest BCUT2D eigenvalue weighted by atomic mass is 10.1. The average molecular weight is 191 g/mol. The van der Waals surface area contributed by atoms with Crippen molar-refractivity contribution in [2.45, 2.75) is 33.6 Å². The predicted octanol–water partition coefficient (Wildman–Crippen LogP) is 3.04. The van der Waals surface area contributed by atoms with Crippen LogP contribution < -0.4 is 5.32 Å². The van der Waals surface area contributed by atoms with Gasteiger partial charge in [-0.15, -0.1) is 0 Å². The van der Waals surface area contributed by atoms with Gasteiger partial charge < -0.3 is 5.32 Å². The maximum Gasteiger partial charge on any atom is 0.224 e. The van der Waals surface area contributed by atoms with Gasteiger partial charge in [0.05, 0.1) is 0 Å². The molecule has 1 aromatic rings. The Kier molecular flexibility index (Phi) is 3.69. The zero-order chi connectivity index (χ0) is 10.6. The zero-order valence-corrected chi connectivity index (χ0v) is 9.05. The third-order valence-electron chi connectivity index (χ3n) is 2.13. The molecule has 0 aliphatic rings. The Labute approximate surface area is 85.3 Å². The van der Waals surface area contributed by atoms with Gasteiger partial charge in [0.1, 0.15) is 0 Å².